The Hall–Kier alpha value is -1.88. The monoisotopic (exact) mass is 285 g/mol. The molecule has 0 amide bonds. The summed E-state index contributed by atoms with van der Waals surface area (Å²) in [5.74, 6) is 2.03. The van der Waals surface area contributed by atoms with E-state index >= 15 is 0 Å². The van der Waals surface area contributed by atoms with Gasteiger partial charge in [-0.05, 0) is 39.3 Å². The van der Waals surface area contributed by atoms with Crippen LogP contribution in [0.15, 0.2) is 12.3 Å². The molecular formula is C16H23N5. The normalized spacial score (nSPS) is 11.1. The molecule has 5 heteroatoms. The van der Waals surface area contributed by atoms with E-state index in [0.717, 1.165) is 36.0 Å². The van der Waals surface area contributed by atoms with Crippen molar-refractivity contribution >= 4 is 0 Å². The molecule has 0 fully saturated rings. The van der Waals surface area contributed by atoms with Crippen LogP contribution in [0.1, 0.15) is 36.6 Å². The fourth-order valence-corrected chi connectivity index (χ4v) is 2.18. The Morgan fingerprint density at radius 3 is 2.29 bits per heavy atom. The molecule has 2 aromatic heterocycles. The maximum atomic E-state index is 4.60. The molecule has 0 bridgehead atoms. The van der Waals surface area contributed by atoms with Gasteiger partial charge >= 0.3 is 0 Å². The molecule has 0 radical (unpaired) electrons. The van der Waals surface area contributed by atoms with Crippen LogP contribution < -0.4 is 5.32 Å². The fourth-order valence-electron chi connectivity index (χ4n) is 2.18. The lowest BCUT2D eigenvalue weighted by molar-refractivity contribution is 0.549. The summed E-state index contributed by atoms with van der Waals surface area (Å²) in [6, 6.07) is 1.85. The molecule has 2 aromatic rings. The van der Waals surface area contributed by atoms with Crippen molar-refractivity contribution in [1.29, 1.82) is 0 Å². The summed E-state index contributed by atoms with van der Waals surface area (Å²) in [5, 5.41) is 3.45. The zero-order valence-electron chi connectivity index (χ0n) is 13.4. The van der Waals surface area contributed by atoms with Gasteiger partial charge in [-0.15, -0.1) is 0 Å². The van der Waals surface area contributed by atoms with Gasteiger partial charge in [0.25, 0.3) is 0 Å². The Morgan fingerprint density at radius 2 is 1.71 bits per heavy atom. The van der Waals surface area contributed by atoms with Crippen molar-refractivity contribution in [2.75, 3.05) is 6.54 Å². The highest BCUT2D eigenvalue weighted by Crippen LogP contribution is 2.17. The largest absolute Gasteiger partial charge is 0.312 e. The number of rotatable bonds is 5. The minimum atomic E-state index is 0.634. The summed E-state index contributed by atoms with van der Waals surface area (Å²) >= 11 is 0. The summed E-state index contributed by atoms with van der Waals surface area (Å²) in [5.41, 5.74) is 3.95. The zero-order chi connectivity index (χ0) is 15.4. The summed E-state index contributed by atoms with van der Waals surface area (Å²) in [4.78, 5) is 17.7. The predicted octanol–water partition coefficient (Wildman–Crippen LogP) is 2.60. The second kappa shape index (κ2) is 6.72. The van der Waals surface area contributed by atoms with Crippen LogP contribution in [0.2, 0.25) is 0 Å². The quantitative estimate of drug-likeness (QED) is 0.915. The average Bonchev–Trinajstić information content (AvgIpc) is 2.41. The third-order valence-electron chi connectivity index (χ3n) is 3.28. The van der Waals surface area contributed by atoms with E-state index in [-0.39, 0.29) is 0 Å². The maximum absolute atomic E-state index is 4.60. The van der Waals surface area contributed by atoms with Crippen molar-refractivity contribution in [3.63, 3.8) is 0 Å². The molecule has 0 saturated carbocycles. The number of nitrogens with zero attached hydrogens (tertiary/aromatic N) is 4. The molecule has 5 nitrogen and oxygen atoms in total. The van der Waals surface area contributed by atoms with Gasteiger partial charge in [0, 0.05) is 29.7 Å². The number of nitrogens with one attached hydrogen (secondary N) is 1. The molecular weight excluding hydrogens is 262 g/mol. The number of hydrogen-bond acceptors (Lipinski definition) is 5. The second-order valence-electron chi connectivity index (χ2n) is 5.71. The van der Waals surface area contributed by atoms with Gasteiger partial charge < -0.3 is 5.32 Å². The topological polar surface area (TPSA) is 63.6 Å². The molecule has 0 aliphatic carbocycles. The molecule has 0 aromatic carbocycles. The van der Waals surface area contributed by atoms with Gasteiger partial charge in [0.05, 0.1) is 0 Å². The lowest BCUT2D eigenvalue weighted by atomic mass is 10.1. The minimum Gasteiger partial charge on any atom is -0.312 e. The van der Waals surface area contributed by atoms with Crippen LogP contribution in [0.4, 0.5) is 0 Å². The molecule has 112 valence electrons. The Morgan fingerprint density at radius 1 is 1.05 bits per heavy atom. The third kappa shape index (κ3) is 4.04. The van der Waals surface area contributed by atoms with Crippen molar-refractivity contribution in [2.45, 2.75) is 41.2 Å². The molecule has 2 rings (SSSR count). The molecule has 0 spiro atoms. The number of aryl methyl sites for hydroxylation is 3. The van der Waals surface area contributed by atoms with E-state index in [1.807, 2.05) is 26.8 Å². The SMILES string of the molecule is Cc1nccc(-c2nc(C)c(CNCC(C)C)c(C)n2)n1. The van der Waals surface area contributed by atoms with Gasteiger partial charge in [-0.1, -0.05) is 13.8 Å². The van der Waals surface area contributed by atoms with Crippen LogP contribution >= 0.6 is 0 Å². The summed E-state index contributed by atoms with van der Waals surface area (Å²) in [7, 11) is 0. The Balaban J connectivity index is 2.24. The van der Waals surface area contributed by atoms with E-state index in [4.69, 9.17) is 0 Å². The number of hydrogen-bond donors (Lipinski definition) is 1. The highest BCUT2D eigenvalue weighted by molar-refractivity contribution is 5.49. The lowest BCUT2D eigenvalue weighted by Gasteiger charge is -2.12. The molecule has 0 atom stereocenters. The lowest BCUT2D eigenvalue weighted by Crippen LogP contribution is -2.21. The van der Waals surface area contributed by atoms with Crippen LogP contribution in [0.25, 0.3) is 11.5 Å². The van der Waals surface area contributed by atoms with Crippen molar-refractivity contribution in [3.05, 3.63) is 35.0 Å². The van der Waals surface area contributed by atoms with Gasteiger partial charge in [0.1, 0.15) is 11.5 Å². The highest BCUT2D eigenvalue weighted by atomic mass is 15.0. The van der Waals surface area contributed by atoms with Gasteiger partial charge in [0.15, 0.2) is 5.82 Å². The molecule has 21 heavy (non-hydrogen) atoms. The first-order valence-electron chi connectivity index (χ1n) is 7.32. The highest BCUT2D eigenvalue weighted by Gasteiger charge is 2.11. The minimum absolute atomic E-state index is 0.634. The van der Waals surface area contributed by atoms with Gasteiger partial charge in [-0.3, -0.25) is 0 Å². The number of aromatic nitrogens is 4. The standard InChI is InChI=1S/C16H23N5/c1-10(2)8-17-9-14-11(3)19-16(20-12(14)4)15-6-7-18-13(5)21-15/h6-7,10,17H,8-9H2,1-5H3. The maximum Gasteiger partial charge on any atom is 0.178 e. The van der Waals surface area contributed by atoms with Crippen molar-refractivity contribution < 1.29 is 0 Å². The van der Waals surface area contributed by atoms with Crippen LogP contribution in [0.5, 0.6) is 0 Å². The molecule has 0 aliphatic rings. The first-order valence-corrected chi connectivity index (χ1v) is 7.32. The third-order valence-corrected chi connectivity index (χ3v) is 3.28. The van der Waals surface area contributed by atoms with Crippen LogP contribution in [0, 0.1) is 26.7 Å². The van der Waals surface area contributed by atoms with E-state index < -0.39 is 0 Å². The molecule has 0 aliphatic heterocycles. The Kier molecular flexibility index (Phi) is 4.96. The van der Waals surface area contributed by atoms with Gasteiger partial charge in [0.2, 0.25) is 0 Å². The van der Waals surface area contributed by atoms with Crippen LogP contribution in [-0.4, -0.2) is 26.5 Å². The summed E-state index contributed by atoms with van der Waals surface area (Å²) in [6.07, 6.45) is 1.74. The molecule has 0 saturated heterocycles. The zero-order valence-corrected chi connectivity index (χ0v) is 13.4. The second-order valence-corrected chi connectivity index (χ2v) is 5.71. The summed E-state index contributed by atoms with van der Waals surface area (Å²) < 4.78 is 0. The van der Waals surface area contributed by atoms with E-state index in [9.17, 15) is 0 Å². The van der Waals surface area contributed by atoms with E-state index in [2.05, 4.69) is 39.1 Å². The van der Waals surface area contributed by atoms with Crippen molar-refractivity contribution in [2.24, 2.45) is 5.92 Å². The predicted molar refractivity (Wildman–Crippen MR) is 83.8 cm³/mol. The first-order chi connectivity index (χ1) is 9.97. The average molecular weight is 285 g/mol. The summed E-state index contributed by atoms with van der Waals surface area (Å²) in [6.45, 7) is 12.1. The van der Waals surface area contributed by atoms with Crippen molar-refractivity contribution in [1.82, 2.24) is 25.3 Å². The van der Waals surface area contributed by atoms with E-state index in [1.165, 1.54) is 5.56 Å². The van der Waals surface area contributed by atoms with Crippen LogP contribution in [-0.2, 0) is 6.54 Å². The van der Waals surface area contributed by atoms with E-state index in [0.29, 0.717) is 11.7 Å². The molecule has 1 N–H and O–H groups in total. The van der Waals surface area contributed by atoms with E-state index in [1.54, 1.807) is 6.20 Å². The molecule has 2 heterocycles. The van der Waals surface area contributed by atoms with Crippen molar-refractivity contribution in [3.8, 4) is 11.5 Å². The van der Waals surface area contributed by atoms with Gasteiger partial charge in [-0.25, -0.2) is 19.9 Å². The fraction of sp³-hybridized carbons (Fsp3) is 0.500. The Bertz CT molecular complexity index is 599. The Labute approximate surface area is 126 Å². The molecule has 0 unspecified atom stereocenters. The smallest absolute Gasteiger partial charge is 0.178 e. The van der Waals surface area contributed by atoms with Crippen LogP contribution in [0.3, 0.4) is 0 Å². The van der Waals surface area contributed by atoms with Gasteiger partial charge in [-0.2, -0.15) is 0 Å². The first kappa shape index (κ1) is 15.5.